The van der Waals surface area contributed by atoms with E-state index in [-0.39, 0.29) is 11.4 Å². The first-order chi connectivity index (χ1) is 10.9. The van der Waals surface area contributed by atoms with E-state index in [4.69, 9.17) is 14.2 Å². The van der Waals surface area contributed by atoms with Crippen molar-refractivity contribution in [2.75, 3.05) is 33.4 Å². The van der Waals surface area contributed by atoms with E-state index in [2.05, 4.69) is 5.32 Å². The number of hydrogen-bond donors (Lipinski definition) is 1. The fourth-order valence-corrected chi connectivity index (χ4v) is 2.86. The normalized spacial score (nSPS) is 21.6. The Morgan fingerprint density at radius 2 is 1.83 bits per heavy atom. The number of likely N-dealkylation sites (tertiary alicyclic amines) is 1. The first kappa shape index (κ1) is 16.1. The van der Waals surface area contributed by atoms with E-state index in [0.29, 0.717) is 32.8 Å². The van der Waals surface area contributed by atoms with Crippen LogP contribution in [-0.4, -0.2) is 50.1 Å². The smallest absolute Gasteiger partial charge is 0.317 e. The van der Waals surface area contributed by atoms with Crippen LogP contribution in [0.15, 0.2) is 24.3 Å². The van der Waals surface area contributed by atoms with Gasteiger partial charge in [0, 0.05) is 19.6 Å². The summed E-state index contributed by atoms with van der Waals surface area (Å²) in [6, 6.07) is 7.62. The van der Waals surface area contributed by atoms with Crippen molar-refractivity contribution in [3.05, 3.63) is 29.8 Å². The molecule has 23 heavy (non-hydrogen) atoms. The Bertz CT molecular complexity index is 552. The summed E-state index contributed by atoms with van der Waals surface area (Å²) >= 11 is 0. The molecule has 1 N–H and O–H groups in total. The Kier molecular flexibility index (Phi) is 4.21. The first-order valence-corrected chi connectivity index (χ1v) is 7.85. The molecule has 0 unspecified atom stereocenters. The van der Waals surface area contributed by atoms with Gasteiger partial charge in [0.15, 0.2) is 5.79 Å². The number of methoxy groups -OCH3 is 1. The Labute approximate surface area is 136 Å². The molecule has 1 spiro atoms. The minimum atomic E-state index is -0.512. The molecule has 0 radical (unpaired) electrons. The van der Waals surface area contributed by atoms with Crippen LogP contribution in [0.1, 0.15) is 19.4 Å². The number of urea groups is 1. The van der Waals surface area contributed by atoms with E-state index in [1.807, 2.05) is 38.1 Å². The highest BCUT2D eigenvalue weighted by atomic mass is 16.7. The molecule has 2 heterocycles. The Morgan fingerprint density at radius 3 is 2.39 bits per heavy atom. The second-order valence-corrected chi connectivity index (χ2v) is 6.84. The number of nitrogens with zero attached hydrogens (tertiary/aromatic N) is 1. The van der Waals surface area contributed by atoms with Crippen molar-refractivity contribution in [2.24, 2.45) is 5.41 Å². The van der Waals surface area contributed by atoms with E-state index in [1.54, 1.807) is 12.0 Å². The van der Waals surface area contributed by atoms with Crippen LogP contribution in [-0.2, 0) is 16.0 Å². The average molecular weight is 320 g/mol. The zero-order valence-corrected chi connectivity index (χ0v) is 13.9. The number of ether oxygens (including phenoxy) is 3. The lowest BCUT2D eigenvalue weighted by Crippen LogP contribution is -2.67. The predicted molar refractivity (Wildman–Crippen MR) is 85.2 cm³/mol. The van der Waals surface area contributed by atoms with Crippen molar-refractivity contribution >= 4 is 6.03 Å². The number of carbonyl (C=O) groups excluding carboxylic acids is 1. The molecular weight excluding hydrogens is 296 g/mol. The molecule has 6 nitrogen and oxygen atoms in total. The molecule has 0 aliphatic carbocycles. The summed E-state index contributed by atoms with van der Waals surface area (Å²) in [6.45, 7) is 6.97. The van der Waals surface area contributed by atoms with E-state index >= 15 is 0 Å². The van der Waals surface area contributed by atoms with Crippen LogP contribution >= 0.6 is 0 Å². The number of nitrogens with one attached hydrogen (secondary N) is 1. The van der Waals surface area contributed by atoms with Crippen LogP contribution in [0.5, 0.6) is 5.75 Å². The highest BCUT2D eigenvalue weighted by molar-refractivity contribution is 5.75. The summed E-state index contributed by atoms with van der Waals surface area (Å²) in [7, 11) is 1.64. The molecule has 0 saturated carbocycles. The van der Waals surface area contributed by atoms with Crippen molar-refractivity contribution in [3.63, 3.8) is 0 Å². The molecule has 3 rings (SSSR count). The number of hydrogen-bond acceptors (Lipinski definition) is 4. The van der Waals surface area contributed by atoms with Crippen LogP contribution in [0.2, 0.25) is 0 Å². The molecular formula is C17H24N2O4. The number of benzene rings is 1. The summed E-state index contributed by atoms with van der Waals surface area (Å²) in [5, 5.41) is 2.94. The van der Waals surface area contributed by atoms with Crippen molar-refractivity contribution in [3.8, 4) is 5.75 Å². The molecule has 2 aliphatic heterocycles. The van der Waals surface area contributed by atoms with Crippen LogP contribution in [0.4, 0.5) is 4.79 Å². The molecule has 126 valence electrons. The maximum absolute atomic E-state index is 12.2. The lowest BCUT2D eigenvalue weighted by atomic mass is 9.81. The quantitative estimate of drug-likeness (QED) is 0.925. The Balaban J connectivity index is 1.44. The predicted octanol–water partition coefficient (Wildman–Crippen LogP) is 1.99. The molecule has 0 atom stereocenters. The third kappa shape index (κ3) is 3.59. The van der Waals surface area contributed by atoms with Gasteiger partial charge in [-0.1, -0.05) is 12.1 Å². The molecule has 0 aromatic heterocycles. The van der Waals surface area contributed by atoms with Gasteiger partial charge in [0.2, 0.25) is 0 Å². The Morgan fingerprint density at radius 1 is 1.22 bits per heavy atom. The highest BCUT2D eigenvalue weighted by Gasteiger charge is 2.50. The third-order valence-electron chi connectivity index (χ3n) is 4.39. The molecule has 1 aromatic carbocycles. The van der Waals surface area contributed by atoms with Gasteiger partial charge in [0.1, 0.15) is 5.75 Å². The van der Waals surface area contributed by atoms with Gasteiger partial charge >= 0.3 is 6.03 Å². The van der Waals surface area contributed by atoms with Crippen molar-refractivity contribution in [2.45, 2.75) is 26.2 Å². The summed E-state index contributed by atoms with van der Waals surface area (Å²) < 4.78 is 16.5. The minimum absolute atomic E-state index is 0.0347. The van der Waals surface area contributed by atoms with Gasteiger partial charge in [-0.2, -0.15) is 0 Å². The van der Waals surface area contributed by atoms with E-state index < -0.39 is 5.79 Å². The van der Waals surface area contributed by atoms with Gasteiger partial charge in [-0.25, -0.2) is 4.79 Å². The molecule has 2 amide bonds. The maximum Gasteiger partial charge on any atom is 0.317 e. The van der Waals surface area contributed by atoms with Crippen molar-refractivity contribution < 1.29 is 19.0 Å². The van der Waals surface area contributed by atoms with Gasteiger partial charge < -0.3 is 24.4 Å². The summed E-state index contributed by atoms with van der Waals surface area (Å²) in [5.74, 6) is 0.299. The molecule has 2 fully saturated rings. The maximum atomic E-state index is 12.2. The molecule has 6 heteroatoms. The van der Waals surface area contributed by atoms with Crippen LogP contribution < -0.4 is 10.1 Å². The lowest BCUT2D eigenvalue weighted by Gasteiger charge is -2.53. The fourth-order valence-electron chi connectivity index (χ4n) is 2.86. The lowest BCUT2D eigenvalue weighted by molar-refractivity contribution is -0.301. The first-order valence-electron chi connectivity index (χ1n) is 7.85. The summed E-state index contributed by atoms with van der Waals surface area (Å²) in [5.41, 5.74) is 1.01. The second-order valence-electron chi connectivity index (χ2n) is 6.84. The highest BCUT2D eigenvalue weighted by Crippen LogP contribution is 2.37. The molecule has 0 bridgehead atoms. The van der Waals surface area contributed by atoms with Crippen LogP contribution in [0.3, 0.4) is 0 Å². The minimum Gasteiger partial charge on any atom is -0.497 e. The average Bonchev–Trinajstić information content (AvgIpc) is 2.51. The van der Waals surface area contributed by atoms with Crippen LogP contribution in [0, 0.1) is 5.41 Å². The van der Waals surface area contributed by atoms with E-state index in [9.17, 15) is 4.79 Å². The summed E-state index contributed by atoms with van der Waals surface area (Å²) in [4.78, 5) is 14.0. The number of amides is 2. The molecule has 1 aromatic rings. The fraction of sp³-hybridized carbons (Fsp3) is 0.588. The number of carbonyl (C=O) groups is 1. The molecule has 2 aliphatic rings. The van der Waals surface area contributed by atoms with Crippen molar-refractivity contribution in [1.82, 2.24) is 10.2 Å². The van der Waals surface area contributed by atoms with Gasteiger partial charge in [-0.3, -0.25) is 0 Å². The monoisotopic (exact) mass is 320 g/mol. The third-order valence-corrected chi connectivity index (χ3v) is 4.39. The van der Waals surface area contributed by atoms with E-state index in [1.165, 1.54) is 0 Å². The zero-order valence-electron chi connectivity index (χ0n) is 13.9. The van der Waals surface area contributed by atoms with Gasteiger partial charge in [-0.15, -0.1) is 0 Å². The topological polar surface area (TPSA) is 60.0 Å². The van der Waals surface area contributed by atoms with Crippen molar-refractivity contribution in [1.29, 1.82) is 0 Å². The van der Waals surface area contributed by atoms with Gasteiger partial charge in [-0.05, 0) is 31.5 Å². The largest absolute Gasteiger partial charge is 0.497 e. The van der Waals surface area contributed by atoms with Crippen LogP contribution in [0.25, 0.3) is 0 Å². The number of rotatable bonds is 3. The van der Waals surface area contributed by atoms with E-state index in [0.717, 1.165) is 11.3 Å². The molecule has 2 saturated heterocycles. The van der Waals surface area contributed by atoms with Gasteiger partial charge in [0.05, 0.1) is 25.7 Å². The SMILES string of the molecule is COc1ccc(CNC(=O)N2CC3(COC(C)(C)OC3)C2)cc1. The zero-order chi connectivity index (χ0) is 16.5. The second kappa shape index (κ2) is 6.02. The Hall–Kier alpha value is -1.79. The standard InChI is InChI=1S/C17H24N2O4/c1-16(2)22-11-17(12-23-16)9-19(10-17)15(20)18-8-13-4-6-14(21-3)7-5-13/h4-7H,8-12H2,1-3H3,(H,18,20). The van der Waals surface area contributed by atoms with Gasteiger partial charge in [0.25, 0.3) is 0 Å². The summed E-state index contributed by atoms with van der Waals surface area (Å²) in [6.07, 6.45) is 0.